The van der Waals surface area contributed by atoms with Gasteiger partial charge >= 0.3 is 0 Å². The van der Waals surface area contributed by atoms with Gasteiger partial charge in [-0.05, 0) is 18.2 Å². The van der Waals surface area contributed by atoms with Crippen molar-refractivity contribution in [2.45, 2.75) is 0 Å². The molecule has 0 bridgehead atoms. The lowest BCUT2D eigenvalue weighted by atomic mass is 10.1. The maximum Gasteiger partial charge on any atom is 0.152 e. The van der Waals surface area contributed by atoms with E-state index in [1.807, 2.05) is 25.2 Å². The van der Waals surface area contributed by atoms with Crippen molar-refractivity contribution in [1.29, 1.82) is 0 Å². The van der Waals surface area contributed by atoms with Crippen molar-refractivity contribution in [2.75, 3.05) is 43.6 Å². The molecule has 1 saturated heterocycles. The number of hydrogen-bond acceptors (Lipinski definition) is 4. The van der Waals surface area contributed by atoms with Crippen LogP contribution in [0, 0.1) is 0 Å². The van der Waals surface area contributed by atoms with Gasteiger partial charge in [0.1, 0.15) is 0 Å². The van der Waals surface area contributed by atoms with Crippen LogP contribution in [-0.4, -0.2) is 39.6 Å². The fourth-order valence-corrected chi connectivity index (χ4v) is 1.88. The van der Waals surface area contributed by atoms with Crippen LogP contribution in [0.15, 0.2) is 18.2 Å². The van der Waals surface area contributed by atoms with Crippen LogP contribution in [0.5, 0.6) is 0 Å². The van der Waals surface area contributed by atoms with Gasteiger partial charge in [-0.1, -0.05) is 0 Å². The Morgan fingerprint density at radius 3 is 2.75 bits per heavy atom. The number of morpholine rings is 1. The third-order valence-electron chi connectivity index (χ3n) is 2.80. The smallest absolute Gasteiger partial charge is 0.152 e. The summed E-state index contributed by atoms with van der Waals surface area (Å²) in [6.45, 7) is 3.13. The van der Waals surface area contributed by atoms with Crippen LogP contribution in [0.4, 0.5) is 11.4 Å². The van der Waals surface area contributed by atoms with E-state index < -0.39 is 0 Å². The molecule has 0 amide bonds. The first-order valence-corrected chi connectivity index (χ1v) is 5.45. The van der Waals surface area contributed by atoms with Gasteiger partial charge in [0.15, 0.2) is 6.29 Å². The third kappa shape index (κ3) is 2.17. The summed E-state index contributed by atoms with van der Waals surface area (Å²) in [4.78, 5) is 13.2. The standard InChI is InChI=1S/C12H16N2O2/c1-13-11-3-2-10(9-15)12(8-11)14-4-6-16-7-5-14/h2-3,8-9,13H,4-7H2,1H3. The van der Waals surface area contributed by atoms with E-state index in [9.17, 15) is 4.79 Å². The second kappa shape index (κ2) is 4.99. The Morgan fingerprint density at radius 1 is 1.38 bits per heavy atom. The Labute approximate surface area is 95.2 Å². The minimum Gasteiger partial charge on any atom is -0.388 e. The molecule has 1 N–H and O–H groups in total. The van der Waals surface area contributed by atoms with Gasteiger partial charge in [-0.2, -0.15) is 0 Å². The Kier molecular flexibility index (Phi) is 3.41. The third-order valence-corrected chi connectivity index (χ3v) is 2.80. The topological polar surface area (TPSA) is 41.6 Å². The van der Waals surface area contributed by atoms with Crippen molar-refractivity contribution >= 4 is 17.7 Å². The van der Waals surface area contributed by atoms with Gasteiger partial charge in [-0.3, -0.25) is 4.79 Å². The molecule has 1 aliphatic rings. The van der Waals surface area contributed by atoms with Crippen LogP contribution in [0.25, 0.3) is 0 Å². The fourth-order valence-electron chi connectivity index (χ4n) is 1.88. The molecule has 0 atom stereocenters. The molecular weight excluding hydrogens is 204 g/mol. The molecule has 0 aliphatic carbocycles. The van der Waals surface area contributed by atoms with E-state index in [1.165, 1.54) is 0 Å². The van der Waals surface area contributed by atoms with Gasteiger partial charge in [0, 0.05) is 37.1 Å². The van der Waals surface area contributed by atoms with Crippen LogP contribution in [0.1, 0.15) is 10.4 Å². The quantitative estimate of drug-likeness (QED) is 0.781. The summed E-state index contributed by atoms with van der Waals surface area (Å²) in [5, 5.41) is 3.08. The molecule has 1 fully saturated rings. The Balaban J connectivity index is 2.31. The van der Waals surface area contributed by atoms with Gasteiger partial charge < -0.3 is 15.0 Å². The normalized spacial score (nSPS) is 15.9. The van der Waals surface area contributed by atoms with E-state index in [2.05, 4.69) is 10.2 Å². The van der Waals surface area contributed by atoms with Crippen LogP contribution >= 0.6 is 0 Å². The first kappa shape index (κ1) is 11.0. The number of aldehydes is 1. The highest BCUT2D eigenvalue weighted by molar-refractivity contribution is 5.86. The molecule has 4 nitrogen and oxygen atoms in total. The highest BCUT2D eigenvalue weighted by Gasteiger charge is 2.14. The van der Waals surface area contributed by atoms with Crippen LogP contribution in [0.2, 0.25) is 0 Å². The summed E-state index contributed by atoms with van der Waals surface area (Å²) in [5.41, 5.74) is 2.75. The molecule has 0 aromatic heterocycles. The van der Waals surface area contributed by atoms with E-state index in [-0.39, 0.29) is 0 Å². The van der Waals surface area contributed by atoms with Crippen molar-refractivity contribution in [3.8, 4) is 0 Å². The van der Waals surface area contributed by atoms with Crippen molar-refractivity contribution in [2.24, 2.45) is 0 Å². The minimum absolute atomic E-state index is 0.724. The lowest BCUT2D eigenvalue weighted by Gasteiger charge is -2.30. The molecule has 0 spiro atoms. The zero-order chi connectivity index (χ0) is 11.4. The Hall–Kier alpha value is -1.55. The van der Waals surface area contributed by atoms with Gasteiger partial charge in [0.25, 0.3) is 0 Å². The predicted molar refractivity (Wildman–Crippen MR) is 64.4 cm³/mol. The Bertz CT molecular complexity index is 373. The minimum atomic E-state index is 0.724. The number of ether oxygens (including phenoxy) is 1. The lowest BCUT2D eigenvalue weighted by molar-refractivity contribution is 0.111. The molecule has 1 aromatic carbocycles. The number of carbonyl (C=O) groups excluding carboxylic acids is 1. The van der Waals surface area contributed by atoms with Crippen molar-refractivity contribution in [3.63, 3.8) is 0 Å². The van der Waals surface area contributed by atoms with Crippen LogP contribution < -0.4 is 10.2 Å². The maximum atomic E-state index is 11.0. The molecule has 1 aliphatic heterocycles. The molecule has 2 rings (SSSR count). The van der Waals surface area contributed by atoms with Gasteiger partial charge in [0.05, 0.1) is 13.2 Å². The first-order chi connectivity index (χ1) is 7.85. The first-order valence-electron chi connectivity index (χ1n) is 5.45. The monoisotopic (exact) mass is 220 g/mol. The van der Waals surface area contributed by atoms with Crippen molar-refractivity contribution in [3.05, 3.63) is 23.8 Å². The van der Waals surface area contributed by atoms with Crippen LogP contribution in [-0.2, 0) is 4.74 Å². The fraction of sp³-hybridized carbons (Fsp3) is 0.417. The molecule has 86 valence electrons. The largest absolute Gasteiger partial charge is 0.388 e. The number of carbonyl (C=O) groups is 1. The molecule has 1 aromatic rings. The van der Waals surface area contributed by atoms with E-state index in [0.29, 0.717) is 0 Å². The molecule has 1 heterocycles. The van der Waals surface area contributed by atoms with E-state index in [1.54, 1.807) is 0 Å². The second-order valence-corrected chi connectivity index (χ2v) is 3.74. The molecular formula is C12H16N2O2. The highest BCUT2D eigenvalue weighted by atomic mass is 16.5. The zero-order valence-electron chi connectivity index (χ0n) is 9.40. The summed E-state index contributed by atoms with van der Waals surface area (Å²) < 4.78 is 5.31. The van der Waals surface area contributed by atoms with Gasteiger partial charge in [0.2, 0.25) is 0 Å². The number of anilines is 2. The average Bonchev–Trinajstić information content (AvgIpc) is 2.39. The summed E-state index contributed by atoms with van der Waals surface area (Å²) in [7, 11) is 1.87. The van der Waals surface area contributed by atoms with Crippen LogP contribution in [0.3, 0.4) is 0 Å². The number of benzene rings is 1. The number of nitrogens with zero attached hydrogens (tertiary/aromatic N) is 1. The molecule has 4 heteroatoms. The number of nitrogens with one attached hydrogen (secondary N) is 1. The average molecular weight is 220 g/mol. The Morgan fingerprint density at radius 2 is 2.12 bits per heavy atom. The zero-order valence-corrected chi connectivity index (χ0v) is 9.40. The molecule has 0 radical (unpaired) electrons. The summed E-state index contributed by atoms with van der Waals surface area (Å²) in [5.74, 6) is 0. The van der Waals surface area contributed by atoms with Crippen molar-refractivity contribution in [1.82, 2.24) is 0 Å². The van der Waals surface area contributed by atoms with Gasteiger partial charge in [-0.25, -0.2) is 0 Å². The van der Waals surface area contributed by atoms with Crippen molar-refractivity contribution < 1.29 is 9.53 Å². The predicted octanol–water partition coefficient (Wildman–Crippen LogP) is 1.38. The molecule has 0 saturated carbocycles. The van der Waals surface area contributed by atoms with Gasteiger partial charge in [-0.15, -0.1) is 0 Å². The number of hydrogen-bond donors (Lipinski definition) is 1. The summed E-state index contributed by atoms with van der Waals surface area (Å²) >= 11 is 0. The molecule has 0 unspecified atom stereocenters. The van der Waals surface area contributed by atoms with E-state index >= 15 is 0 Å². The summed E-state index contributed by atoms with van der Waals surface area (Å²) in [6, 6.07) is 5.77. The SMILES string of the molecule is CNc1ccc(C=O)c(N2CCOCC2)c1. The lowest BCUT2D eigenvalue weighted by Crippen LogP contribution is -2.36. The maximum absolute atomic E-state index is 11.0. The summed E-state index contributed by atoms with van der Waals surface area (Å²) in [6.07, 6.45) is 0.907. The number of rotatable bonds is 3. The highest BCUT2D eigenvalue weighted by Crippen LogP contribution is 2.24. The second-order valence-electron chi connectivity index (χ2n) is 3.74. The van der Waals surface area contributed by atoms with E-state index in [4.69, 9.17) is 4.74 Å². The van der Waals surface area contributed by atoms with E-state index in [0.717, 1.165) is 49.5 Å². The molecule has 16 heavy (non-hydrogen) atoms.